The Morgan fingerprint density at radius 3 is 3.13 bits per heavy atom. The van der Waals surface area contributed by atoms with Crippen LogP contribution in [0.1, 0.15) is 23.7 Å². The van der Waals surface area contributed by atoms with Crippen molar-refractivity contribution in [3.8, 4) is 12.3 Å². The van der Waals surface area contributed by atoms with Crippen LogP contribution in [0.25, 0.3) is 0 Å². The number of carbonyl (C=O) groups is 1. The summed E-state index contributed by atoms with van der Waals surface area (Å²) in [5, 5.41) is 0.274. The first kappa shape index (κ1) is 11.5. The van der Waals surface area contributed by atoms with Crippen LogP contribution >= 0.6 is 11.6 Å². The lowest BCUT2D eigenvalue weighted by Crippen LogP contribution is -2.14. The highest BCUT2D eigenvalue weighted by molar-refractivity contribution is 6.33. The molecule has 0 N–H and O–H groups in total. The number of ether oxygens (including phenoxy) is 1. The van der Waals surface area contributed by atoms with Crippen LogP contribution < -0.4 is 0 Å². The molecule has 1 heterocycles. The number of rotatable bonds is 3. The summed E-state index contributed by atoms with van der Waals surface area (Å²) in [6.45, 7) is 1.73. The molecule has 78 valence electrons. The predicted octanol–water partition coefficient (Wildman–Crippen LogP) is 2.30. The van der Waals surface area contributed by atoms with Gasteiger partial charge < -0.3 is 4.74 Å². The summed E-state index contributed by atoms with van der Waals surface area (Å²) in [4.78, 5) is 15.3. The Hall–Kier alpha value is -1.53. The van der Waals surface area contributed by atoms with E-state index in [2.05, 4.69) is 10.9 Å². The van der Waals surface area contributed by atoms with E-state index in [9.17, 15) is 4.79 Å². The Kier molecular flexibility index (Phi) is 4.14. The third-order valence-electron chi connectivity index (χ3n) is 1.71. The molecule has 3 nitrogen and oxygen atoms in total. The third-order valence-corrected chi connectivity index (χ3v) is 2.01. The molecule has 0 fully saturated rings. The maximum atomic E-state index is 11.5. The fourth-order valence-corrected chi connectivity index (χ4v) is 1.19. The van der Waals surface area contributed by atoms with Gasteiger partial charge in [-0.3, -0.25) is 4.98 Å². The Morgan fingerprint density at radius 2 is 2.53 bits per heavy atom. The van der Waals surface area contributed by atoms with E-state index in [1.54, 1.807) is 6.92 Å². The van der Waals surface area contributed by atoms with Gasteiger partial charge in [0.1, 0.15) is 6.10 Å². The van der Waals surface area contributed by atoms with Crippen LogP contribution in [-0.2, 0) is 4.74 Å². The minimum absolute atomic E-state index is 0.274. The molecule has 0 saturated heterocycles. The summed E-state index contributed by atoms with van der Waals surface area (Å²) in [5.74, 6) is 1.94. The van der Waals surface area contributed by atoms with Gasteiger partial charge >= 0.3 is 5.97 Å². The van der Waals surface area contributed by atoms with E-state index in [0.717, 1.165) is 0 Å². The maximum Gasteiger partial charge on any atom is 0.340 e. The normalized spacial score (nSPS) is 11.5. The molecule has 1 aromatic heterocycles. The Bertz CT molecular complexity index is 398. The molecule has 1 aromatic rings. The van der Waals surface area contributed by atoms with Crippen molar-refractivity contribution in [1.82, 2.24) is 4.98 Å². The van der Waals surface area contributed by atoms with Gasteiger partial charge in [0, 0.05) is 18.8 Å². The summed E-state index contributed by atoms with van der Waals surface area (Å²) in [5.41, 5.74) is 0.301. The molecule has 0 aliphatic heterocycles. The monoisotopic (exact) mass is 223 g/mol. The van der Waals surface area contributed by atoms with Crippen molar-refractivity contribution in [2.45, 2.75) is 19.4 Å². The molecule has 1 rings (SSSR count). The Labute approximate surface area is 93.4 Å². The molecule has 1 atom stereocenters. The zero-order chi connectivity index (χ0) is 11.3. The van der Waals surface area contributed by atoms with E-state index < -0.39 is 5.97 Å². The highest BCUT2D eigenvalue weighted by atomic mass is 35.5. The fraction of sp³-hybridized carbons (Fsp3) is 0.273. The van der Waals surface area contributed by atoms with Gasteiger partial charge in [0.25, 0.3) is 0 Å². The number of esters is 1. The summed E-state index contributed by atoms with van der Waals surface area (Å²) >= 11 is 5.78. The van der Waals surface area contributed by atoms with Gasteiger partial charge in [-0.25, -0.2) is 4.79 Å². The number of aromatic nitrogens is 1. The summed E-state index contributed by atoms with van der Waals surface area (Å²) in [6, 6.07) is 1.51. The van der Waals surface area contributed by atoms with E-state index in [4.69, 9.17) is 22.8 Å². The van der Waals surface area contributed by atoms with Crippen LogP contribution in [-0.4, -0.2) is 17.1 Å². The van der Waals surface area contributed by atoms with Crippen LogP contribution in [0, 0.1) is 12.3 Å². The largest absolute Gasteiger partial charge is 0.458 e. The van der Waals surface area contributed by atoms with E-state index >= 15 is 0 Å². The van der Waals surface area contributed by atoms with Gasteiger partial charge in [-0.1, -0.05) is 11.6 Å². The van der Waals surface area contributed by atoms with Gasteiger partial charge in [-0.2, -0.15) is 0 Å². The van der Waals surface area contributed by atoms with Crippen molar-refractivity contribution in [2.75, 3.05) is 0 Å². The summed E-state index contributed by atoms with van der Waals surface area (Å²) in [6.07, 6.45) is 8.04. The van der Waals surface area contributed by atoms with Gasteiger partial charge in [0.15, 0.2) is 0 Å². The van der Waals surface area contributed by atoms with Gasteiger partial charge in [0.2, 0.25) is 0 Å². The first-order chi connectivity index (χ1) is 7.15. The first-order valence-corrected chi connectivity index (χ1v) is 4.77. The van der Waals surface area contributed by atoms with Crippen LogP contribution in [0.2, 0.25) is 5.02 Å². The fourth-order valence-electron chi connectivity index (χ4n) is 0.995. The number of carbonyl (C=O) groups excluding carboxylic acids is 1. The Morgan fingerprint density at radius 1 is 1.80 bits per heavy atom. The maximum absolute atomic E-state index is 11.5. The van der Waals surface area contributed by atoms with Crippen molar-refractivity contribution in [2.24, 2.45) is 0 Å². The molecular weight excluding hydrogens is 214 g/mol. The predicted molar refractivity (Wildman–Crippen MR) is 57.6 cm³/mol. The summed E-state index contributed by atoms with van der Waals surface area (Å²) in [7, 11) is 0. The number of halogens is 1. The number of hydrogen-bond donors (Lipinski definition) is 0. The first-order valence-electron chi connectivity index (χ1n) is 4.39. The lowest BCUT2D eigenvalue weighted by Gasteiger charge is -2.10. The molecule has 0 spiro atoms. The molecule has 4 heteroatoms. The van der Waals surface area contributed by atoms with Crippen LogP contribution in [0.5, 0.6) is 0 Å². The highest BCUT2D eigenvalue weighted by Crippen LogP contribution is 2.15. The minimum Gasteiger partial charge on any atom is -0.458 e. The lowest BCUT2D eigenvalue weighted by molar-refractivity contribution is 0.0352. The Balaban J connectivity index is 2.70. The van der Waals surface area contributed by atoms with Crippen LogP contribution in [0.15, 0.2) is 18.5 Å². The zero-order valence-corrected chi connectivity index (χ0v) is 8.99. The van der Waals surface area contributed by atoms with Gasteiger partial charge in [-0.05, 0) is 13.0 Å². The van der Waals surface area contributed by atoms with E-state index in [1.807, 2.05) is 0 Å². The number of nitrogens with zero attached hydrogens (tertiary/aromatic N) is 1. The number of terminal acetylenes is 1. The molecule has 0 saturated carbocycles. The van der Waals surface area contributed by atoms with Crippen molar-refractivity contribution in [3.05, 3.63) is 29.0 Å². The highest BCUT2D eigenvalue weighted by Gasteiger charge is 2.14. The van der Waals surface area contributed by atoms with Crippen molar-refractivity contribution in [1.29, 1.82) is 0 Å². The molecule has 0 amide bonds. The quantitative estimate of drug-likeness (QED) is 0.583. The minimum atomic E-state index is -0.481. The van der Waals surface area contributed by atoms with Gasteiger partial charge in [0.05, 0.1) is 10.6 Å². The number of hydrogen-bond acceptors (Lipinski definition) is 3. The topological polar surface area (TPSA) is 39.2 Å². The van der Waals surface area contributed by atoms with Crippen LogP contribution in [0.3, 0.4) is 0 Å². The third kappa shape index (κ3) is 3.26. The average Bonchev–Trinajstić information content (AvgIpc) is 2.18. The van der Waals surface area contributed by atoms with E-state index in [0.29, 0.717) is 12.0 Å². The molecule has 0 aromatic carbocycles. The van der Waals surface area contributed by atoms with E-state index in [-0.39, 0.29) is 11.1 Å². The molecule has 0 aliphatic rings. The van der Waals surface area contributed by atoms with Crippen molar-refractivity contribution in [3.63, 3.8) is 0 Å². The smallest absolute Gasteiger partial charge is 0.340 e. The lowest BCUT2D eigenvalue weighted by atomic mass is 10.2. The van der Waals surface area contributed by atoms with Crippen molar-refractivity contribution < 1.29 is 9.53 Å². The SMILES string of the molecule is C#CCC(C)OC(=O)c1ccncc1Cl. The molecule has 0 bridgehead atoms. The second kappa shape index (κ2) is 5.38. The van der Waals surface area contributed by atoms with Crippen LogP contribution in [0.4, 0.5) is 0 Å². The number of pyridine rings is 1. The molecule has 15 heavy (non-hydrogen) atoms. The summed E-state index contributed by atoms with van der Waals surface area (Å²) < 4.78 is 5.06. The molecular formula is C11H10ClNO2. The van der Waals surface area contributed by atoms with Crippen molar-refractivity contribution >= 4 is 17.6 Å². The average molecular weight is 224 g/mol. The van der Waals surface area contributed by atoms with Gasteiger partial charge in [-0.15, -0.1) is 12.3 Å². The molecule has 1 unspecified atom stereocenters. The zero-order valence-electron chi connectivity index (χ0n) is 8.24. The molecule has 0 radical (unpaired) electrons. The standard InChI is InChI=1S/C11H10ClNO2/c1-3-4-8(2)15-11(14)9-5-6-13-7-10(9)12/h1,5-8H,4H2,2H3. The van der Waals surface area contributed by atoms with E-state index in [1.165, 1.54) is 18.5 Å². The second-order valence-electron chi connectivity index (χ2n) is 2.98. The second-order valence-corrected chi connectivity index (χ2v) is 3.39. The molecule has 0 aliphatic carbocycles.